The van der Waals surface area contributed by atoms with E-state index in [2.05, 4.69) is 10.6 Å². The van der Waals surface area contributed by atoms with Gasteiger partial charge in [0, 0.05) is 18.5 Å². The summed E-state index contributed by atoms with van der Waals surface area (Å²) in [5.41, 5.74) is 6.88. The molecule has 1 aliphatic rings. The lowest BCUT2D eigenvalue weighted by molar-refractivity contribution is 0.100. The fourth-order valence-electron chi connectivity index (χ4n) is 2.17. The first-order chi connectivity index (χ1) is 9.13. The van der Waals surface area contributed by atoms with E-state index in [0.717, 1.165) is 29.7 Å². The Balaban J connectivity index is 2.08. The third-order valence-electron chi connectivity index (χ3n) is 2.99. The van der Waals surface area contributed by atoms with Gasteiger partial charge in [-0.3, -0.25) is 10.1 Å². The lowest BCUT2D eigenvalue weighted by atomic mass is 10.1. The predicted octanol–water partition coefficient (Wildman–Crippen LogP) is 1.10. The molecule has 0 radical (unpaired) electrons. The zero-order chi connectivity index (χ0) is 13.8. The molecule has 0 aromatic carbocycles. The van der Waals surface area contributed by atoms with E-state index < -0.39 is 5.91 Å². The van der Waals surface area contributed by atoms with E-state index in [1.165, 1.54) is 11.3 Å². The van der Waals surface area contributed by atoms with Gasteiger partial charge in [-0.2, -0.15) is 0 Å². The van der Waals surface area contributed by atoms with Crippen LogP contribution in [0.5, 0.6) is 0 Å². The largest absolute Gasteiger partial charge is 0.383 e. The third-order valence-corrected chi connectivity index (χ3v) is 4.19. The van der Waals surface area contributed by atoms with E-state index in [1.54, 1.807) is 7.11 Å². The molecule has 0 aliphatic heterocycles. The summed E-state index contributed by atoms with van der Waals surface area (Å²) in [4.78, 5) is 24.3. The van der Waals surface area contributed by atoms with Crippen molar-refractivity contribution in [3.63, 3.8) is 0 Å². The van der Waals surface area contributed by atoms with Gasteiger partial charge in [-0.25, -0.2) is 4.79 Å². The first kappa shape index (κ1) is 13.8. The van der Waals surface area contributed by atoms with Crippen LogP contribution < -0.4 is 16.4 Å². The second kappa shape index (κ2) is 6.03. The molecule has 1 aromatic heterocycles. The van der Waals surface area contributed by atoms with Crippen LogP contribution in [0.15, 0.2) is 0 Å². The van der Waals surface area contributed by atoms with Crippen LogP contribution >= 0.6 is 11.3 Å². The topological polar surface area (TPSA) is 93.4 Å². The first-order valence-electron chi connectivity index (χ1n) is 6.11. The van der Waals surface area contributed by atoms with E-state index >= 15 is 0 Å². The van der Waals surface area contributed by atoms with Gasteiger partial charge in [0.1, 0.15) is 5.00 Å². The molecular formula is C12H17N3O3S. The van der Waals surface area contributed by atoms with Gasteiger partial charge in [0.05, 0.1) is 12.2 Å². The van der Waals surface area contributed by atoms with Crippen LogP contribution in [0.2, 0.25) is 0 Å². The molecule has 7 heteroatoms. The zero-order valence-corrected chi connectivity index (χ0v) is 11.6. The summed E-state index contributed by atoms with van der Waals surface area (Å²) >= 11 is 1.44. The van der Waals surface area contributed by atoms with Gasteiger partial charge in [-0.05, 0) is 24.8 Å². The van der Waals surface area contributed by atoms with Gasteiger partial charge in [-0.15, -0.1) is 11.3 Å². The molecular weight excluding hydrogens is 266 g/mol. The quantitative estimate of drug-likeness (QED) is 0.706. The molecule has 0 bridgehead atoms. The molecule has 4 N–H and O–H groups in total. The summed E-state index contributed by atoms with van der Waals surface area (Å²) in [6.07, 6.45) is 2.85. The minimum Gasteiger partial charge on any atom is -0.383 e. The number of hydrogen-bond acceptors (Lipinski definition) is 4. The number of rotatable bonds is 5. The molecule has 0 unspecified atom stereocenters. The summed E-state index contributed by atoms with van der Waals surface area (Å²) in [6, 6.07) is -0.348. The summed E-state index contributed by atoms with van der Waals surface area (Å²) in [5, 5.41) is 5.88. The molecule has 104 valence electrons. The maximum absolute atomic E-state index is 11.7. The number of anilines is 1. The Hall–Kier alpha value is -1.60. The lowest BCUT2D eigenvalue weighted by Gasteiger charge is -2.07. The minimum absolute atomic E-state index is 0.348. The molecule has 2 rings (SSSR count). The second-order valence-electron chi connectivity index (χ2n) is 4.30. The van der Waals surface area contributed by atoms with Gasteiger partial charge in [0.2, 0.25) is 0 Å². The van der Waals surface area contributed by atoms with Crippen molar-refractivity contribution < 1.29 is 14.3 Å². The number of carbonyl (C=O) groups excluding carboxylic acids is 2. The van der Waals surface area contributed by atoms with Crippen molar-refractivity contribution in [1.82, 2.24) is 5.32 Å². The van der Waals surface area contributed by atoms with Crippen molar-refractivity contribution in [3.05, 3.63) is 16.0 Å². The number of hydrogen-bond donors (Lipinski definition) is 3. The predicted molar refractivity (Wildman–Crippen MR) is 73.8 cm³/mol. The summed E-state index contributed by atoms with van der Waals surface area (Å²) < 4.78 is 4.84. The number of thiophene rings is 1. The van der Waals surface area contributed by atoms with Crippen LogP contribution in [0.25, 0.3) is 0 Å². The monoisotopic (exact) mass is 283 g/mol. The number of aryl methyl sites for hydroxylation is 1. The molecule has 19 heavy (non-hydrogen) atoms. The number of urea groups is 1. The average molecular weight is 283 g/mol. The van der Waals surface area contributed by atoms with E-state index in [4.69, 9.17) is 10.5 Å². The first-order valence-corrected chi connectivity index (χ1v) is 6.93. The van der Waals surface area contributed by atoms with Crippen molar-refractivity contribution in [2.75, 3.05) is 25.6 Å². The fraction of sp³-hybridized carbons (Fsp3) is 0.500. The molecule has 1 aromatic rings. The molecule has 0 fully saturated rings. The number of primary amides is 1. The van der Waals surface area contributed by atoms with Crippen LogP contribution in [0.3, 0.4) is 0 Å². The number of methoxy groups -OCH3 is 1. The van der Waals surface area contributed by atoms with Gasteiger partial charge in [0.25, 0.3) is 5.91 Å². The molecule has 0 atom stereocenters. The summed E-state index contributed by atoms with van der Waals surface area (Å²) in [5.74, 6) is -0.480. The second-order valence-corrected chi connectivity index (χ2v) is 5.40. The maximum Gasteiger partial charge on any atom is 0.319 e. The SMILES string of the molecule is COCCNC(=O)Nc1sc2c(c1C(N)=O)CCC2. The Morgan fingerprint density at radius 3 is 2.89 bits per heavy atom. The van der Waals surface area contributed by atoms with Gasteiger partial charge >= 0.3 is 6.03 Å². The van der Waals surface area contributed by atoms with Crippen LogP contribution in [0.4, 0.5) is 9.80 Å². The van der Waals surface area contributed by atoms with Gasteiger partial charge in [0.15, 0.2) is 0 Å². The maximum atomic E-state index is 11.7. The van der Waals surface area contributed by atoms with Crippen molar-refractivity contribution in [2.45, 2.75) is 19.3 Å². The van der Waals surface area contributed by atoms with E-state index in [1.807, 2.05) is 0 Å². The standard InChI is InChI=1S/C12H17N3O3S/c1-18-6-5-14-12(17)15-11-9(10(13)16)7-3-2-4-8(7)19-11/h2-6H2,1H3,(H2,13,16)(H2,14,15,17). The Morgan fingerprint density at radius 1 is 1.42 bits per heavy atom. The molecule has 6 nitrogen and oxygen atoms in total. The number of carbonyl (C=O) groups is 2. The fourth-order valence-corrected chi connectivity index (χ4v) is 3.46. The number of nitrogens with two attached hydrogens (primary N) is 1. The third kappa shape index (κ3) is 3.05. The number of fused-ring (bicyclic) bond motifs is 1. The summed E-state index contributed by atoms with van der Waals surface area (Å²) in [6.45, 7) is 0.858. The molecule has 1 aliphatic carbocycles. The average Bonchev–Trinajstić information content (AvgIpc) is 2.88. The van der Waals surface area contributed by atoms with Crippen LogP contribution in [-0.4, -0.2) is 32.2 Å². The molecule has 0 saturated carbocycles. The van der Waals surface area contributed by atoms with E-state index in [0.29, 0.717) is 23.7 Å². The molecule has 1 heterocycles. The number of ether oxygens (including phenoxy) is 1. The van der Waals surface area contributed by atoms with Crippen molar-refractivity contribution in [3.8, 4) is 0 Å². The smallest absolute Gasteiger partial charge is 0.319 e. The Kier molecular flexibility index (Phi) is 4.39. The lowest BCUT2D eigenvalue weighted by Crippen LogP contribution is -2.31. The normalized spacial score (nSPS) is 13.1. The highest BCUT2D eigenvalue weighted by Crippen LogP contribution is 2.38. The van der Waals surface area contributed by atoms with E-state index in [-0.39, 0.29) is 6.03 Å². The Labute approximate surface area is 115 Å². The molecule has 3 amide bonds. The van der Waals surface area contributed by atoms with Gasteiger partial charge < -0.3 is 15.8 Å². The van der Waals surface area contributed by atoms with Gasteiger partial charge in [-0.1, -0.05) is 0 Å². The van der Waals surface area contributed by atoms with Crippen LogP contribution in [0, 0.1) is 0 Å². The van der Waals surface area contributed by atoms with Crippen LogP contribution in [0.1, 0.15) is 27.2 Å². The van der Waals surface area contributed by atoms with Crippen molar-refractivity contribution in [1.29, 1.82) is 0 Å². The highest BCUT2D eigenvalue weighted by molar-refractivity contribution is 7.17. The highest BCUT2D eigenvalue weighted by atomic mass is 32.1. The van der Waals surface area contributed by atoms with E-state index in [9.17, 15) is 9.59 Å². The molecule has 0 saturated heterocycles. The number of amides is 3. The Bertz CT molecular complexity index is 499. The highest BCUT2D eigenvalue weighted by Gasteiger charge is 2.25. The minimum atomic E-state index is -0.480. The molecule has 0 spiro atoms. The van der Waals surface area contributed by atoms with Crippen molar-refractivity contribution >= 4 is 28.3 Å². The van der Waals surface area contributed by atoms with Crippen molar-refractivity contribution in [2.24, 2.45) is 5.73 Å². The Morgan fingerprint density at radius 2 is 2.21 bits per heavy atom. The summed E-state index contributed by atoms with van der Waals surface area (Å²) in [7, 11) is 1.56. The van der Waals surface area contributed by atoms with Crippen LogP contribution in [-0.2, 0) is 17.6 Å². The number of nitrogens with one attached hydrogen (secondary N) is 2. The zero-order valence-electron chi connectivity index (χ0n) is 10.7.